The molecule has 92 valence electrons. The van der Waals surface area contributed by atoms with Gasteiger partial charge in [0.15, 0.2) is 5.78 Å². The fourth-order valence-electron chi connectivity index (χ4n) is 1.64. The van der Waals surface area contributed by atoms with Crippen LogP contribution in [0.25, 0.3) is 0 Å². The Bertz CT molecular complexity index is 543. The predicted molar refractivity (Wildman–Crippen MR) is 70.0 cm³/mol. The van der Waals surface area contributed by atoms with Gasteiger partial charge in [-0.25, -0.2) is 0 Å². The number of hydrogen-bond donors (Lipinski definition) is 1. The van der Waals surface area contributed by atoms with Crippen LogP contribution < -0.4 is 0 Å². The number of hydrogen-bond acceptors (Lipinski definition) is 3. The van der Waals surface area contributed by atoms with Crippen LogP contribution in [0.4, 0.5) is 0 Å². The Morgan fingerprint density at radius 2 is 1.94 bits per heavy atom. The van der Waals surface area contributed by atoms with E-state index in [-0.39, 0.29) is 18.0 Å². The Balaban J connectivity index is 2.11. The van der Waals surface area contributed by atoms with Crippen molar-refractivity contribution >= 4 is 17.4 Å². The van der Waals surface area contributed by atoms with Crippen LogP contribution in [0.3, 0.4) is 0 Å². The molecular weight excluding hydrogens is 250 g/mol. The van der Waals surface area contributed by atoms with Gasteiger partial charge in [-0.15, -0.1) is 11.6 Å². The number of aromatic hydroxyl groups is 1. The molecule has 0 aliphatic carbocycles. The number of ketones is 1. The van der Waals surface area contributed by atoms with Gasteiger partial charge in [0.1, 0.15) is 16.8 Å². The van der Waals surface area contributed by atoms with E-state index in [0.717, 1.165) is 0 Å². The number of carbonyl (C=O) groups is 1. The predicted octanol–water partition coefficient (Wildman–Crippen LogP) is 2.82. The van der Waals surface area contributed by atoms with Gasteiger partial charge in [0.05, 0.1) is 0 Å². The van der Waals surface area contributed by atoms with E-state index in [4.69, 9.17) is 11.6 Å². The number of aromatic nitrogens is 1. The molecule has 0 bridgehead atoms. The molecule has 4 heteroatoms. The fourth-order valence-corrected chi connectivity index (χ4v) is 1.92. The Morgan fingerprint density at radius 1 is 1.22 bits per heavy atom. The van der Waals surface area contributed by atoms with Crippen LogP contribution in [0.2, 0.25) is 0 Å². The third kappa shape index (κ3) is 2.87. The summed E-state index contributed by atoms with van der Waals surface area (Å²) >= 11 is 6.07. The minimum atomic E-state index is -0.729. The molecular formula is C14H12ClNO2. The zero-order chi connectivity index (χ0) is 13.0. The highest BCUT2D eigenvalue weighted by atomic mass is 35.5. The summed E-state index contributed by atoms with van der Waals surface area (Å²) in [4.78, 5) is 16.0. The standard InChI is InChI=1S/C14H12ClNO2/c15-11(9-10-5-1-2-7-13(10)17)14(18)12-6-3-4-8-16-12/h1-8,11,17H,9H2. The van der Waals surface area contributed by atoms with E-state index in [1.165, 1.54) is 0 Å². The van der Waals surface area contributed by atoms with E-state index >= 15 is 0 Å². The number of para-hydroxylation sites is 1. The molecule has 0 aliphatic rings. The van der Waals surface area contributed by atoms with Gasteiger partial charge in [-0.2, -0.15) is 0 Å². The van der Waals surface area contributed by atoms with Crippen LogP contribution in [0.15, 0.2) is 48.7 Å². The number of rotatable bonds is 4. The minimum absolute atomic E-state index is 0.150. The zero-order valence-corrected chi connectivity index (χ0v) is 10.3. The molecule has 18 heavy (non-hydrogen) atoms. The number of benzene rings is 1. The van der Waals surface area contributed by atoms with Gasteiger partial charge in [-0.05, 0) is 30.2 Å². The zero-order valence-electron chi connectivity index (χ0n) is 9.58. The van der Waals surface area contributed by atoms with Gasteiger partial charge in [0.25, 0.3) is 0 Å². The number of halogens is 1. The van der Waals surface area contributed by atoms with E-state index < -0.39 is 5.38 Å². The van der Waals surface area contributed by atoms with Crippen LogP contribution in [0.1, 0.15) is 16.1 Å². The van der Waals surface area contributed by atoms with Crippen molar-refractivity contribution in [3.63, 3.8) is 0 Å². The van der Waals surface area contributed by atoms with Gasteiger partial charge in [-0.3, -0.25) is 9.78 Å². The maximum Gasteiger partial charge on any atom is 0.199 e. The molecule has 1 aromatic carbocycles. The third-order valence-corrected chi connectivity index (χ3v) is 2.95. The van der Waals surface area contributed by atoms with E-state index in [2.05, 4.69) is 4.98 Å². The maximum atomic E-state index is 12.0. The van der Waals surface area contributed by atoms with Gasteiger partial charge >= 0.3 is 0 Å². The van der Waals surface area contributed by atoms with Crippen molar-refractivity contribution in [3.8, 4) is 5.75 Å². The summed E-state index contributed by atoms with van der Waals surface area (Å²) in [5.74, 6) is -0.0857. The first-order valence-corrected chi connectivity index (χ1v) is 5.98. The average Bonchev–Trinajstić information content (AvgIpc) is 2.41. The molecule has 1 unspecified atom stereocenters. The monoisotopic (exact) mass is 261 g/mol. The first kappa shape index (κ1) is 12.6. The Hall–Kier alpha value is -1.87. The highest BCUT2D eigenvalue weighted by molar-refractivity contribution is 6.33. The quantitative estimate of drug-likeness (QED) is 0.680. The lowest BCUT2D eigenvalue weighted by molar-refractivity contribution is 0.0982. The van der Waals surface area contributed by atoms with Crippen LogP contribution >= 0.6 is 11.6 Å². The molecule has 1 heterocycles. The van der Waals surface area contributed by atoms with Gasteiger partial charge < -0.3 is 5.11 Å². The summed E-state index contributed by atoms with van der Waals surface area (Å²) < 4.78 is 0. The smallest absolute Gasteiger partial charge is 0.199 e. The van der Waals surface area contributed by atoms with Crippen molar-refractivity contribution < 1.29 is 9.90 Å². The number of alkyl halides is 1. The van der Waals surface area contributed by atoms with E-state index in [0.29, 0.717) is 11.3 Å². The van der Waals surface area contributed by atoms with Crippen molar-refractivity contribution in [2.24, 2.45) is 0 Å². The molecule has 0 aliphatic heterocycles. The lowest BCUT2D eigenvalue weighted by Crippen LogP contribution is -2.18. The molecule has 0 saturated heterocycles. The van der Waals surface area contributed by atoms with E-state index in [1.54, 1.807) is 48.7 Å². The Kier molecular flexibility index (Phi) is 3.95. The van der Waals surface area contributed by atoms with E-state index in [9.17, 15) is 9.90 Å². The molecule has 2 rings (SSSR count). The summed E-state index contributed by atoms with van der Waals surface area (Å²) in [5.41, 5.74) is 0.995. The number of pyridine rings is 1. The number of nitrogens with zero attached hydrogens (tertiary/aromatic N) is 1. The Labute approximate surface area is 110 Å². The summed E-state index contributed by atoms with van der Waals surface area (Å²) in [5, 5.41) is 8.90. The second kappa shape index (κ2) is 5.65. The fraction of sp³-hybridized carbons (Fsp3) is 0.143. The molecule has 1 atom stereocenters. The molecule has 3 nitrogen and oxygen atoms in total. The molecule has 1 aromatic heterocycles. The topological polar surface area (TPSA) is 50.2 Å². The molecule has 2 aromatic rings. The van der Waals surface area contributed by atoms with Crippen molar-refractivity contribution in [1.29, 1.82) is 0 Å². The summed E-state index contributed by atoms with van der Waals surface area (Å²) in [6.07, 6.45) is 1.83. The first-order chi connectivity index (χ1) is 8.68. The largest absolute Gasteiger partial charge is 0.508 e. The summed E-state index contributed by atoms with van der Waals surface area (Å²) in [7, 11) is 0. The highest BCUT2D eigenvalue weighted by Crippen LogP contribution is 2.20. The second-order valence-electron chi connectivity index (χ2n) is 3.88. The number of phenols is 1. The first-order valence-electron chi connectivity index (χ1n) is 5.54. The lowest BCUT2D eigenvalue weighted by atomic mass is 10.0. The molecule has 0 fully saturated rings. The van der Waals surface area contributed by atoms with Crippen LogP contribution in [0.5, 0.6) is 5.75 Å². The third-order valence-electron chi connectivity index (χ3n) is 2.59. The van der Waals surface area contributed by atoms with Gasteiger partial charge in [0.2, 0.25) is 0 Å². The number of Topliss-reactive ketones (excluding diaryl/α,β-unsaturated/α-hetero) is 1. The number of carbonyl (C=O) groups excluding carboxylic acids is 1. The van der Waals surface area contributed by atoms with Crippen LogP contribution in [-0.2, 0) is 6.42 Å². The average molecular weight is 262 g/mol. The van der Waals surface area contributed by atoms with Gasteiger partial charge in [-0.1, -0.05) is 24.3 Å². The van der Waals surface area contributed by atoms with Crippen molar-refractivity contribution in [2.45, 2.75) is 11.8 Å². The maximum absolute atomic E-state index is 12.0. The molecule has 0 spiro atoms. The molecule has 0 saturated carbocycles. The summed E-state index contributed by atoms with van der Waals surface area (Å²) in [6, 6.07) is 11.9. The molecule has 1 N–H and O–H groups in total. The normalized spacial score (nSPS) is 12.1. The summed E-state index contributed by atoms with van der Waals surface area (Å²) in [6.45, 7) is 0. The SMILES string of the molecule is O=C(c1ccccn1)C(Cl)Cc1ccccc1O. The molecule has 0 radical (unpaired) electrons. The van der Waals surface area contributed by atoms with Crippen LogP contribution in [-0.4, -0.2) is 21.3 Å². The lowest BCUT2D eigenvalue weighted by Gasteiger charge is -2.09. The van der Waals surface area contributed by atoms with Crippen molar-refractivity contribution in [3.05, 3.63) is 59.9 Å². The number of phenolic OH excluding ortho intramolecular Hbond substituents is 1. The highest BCUT2D eigenvalue weighted by Gasteiger charge is 2.19. The molecule has 0 amide bonds. The van der Waals surface area contributed by atoms with Crippen LogP contribution in [0, 0.1) is 0 Å². The van der Waals surface area contributed by atoms with Gasteiger partial charge in [0, 0.05) is 6.20 Å². The van der Waals surface area contributed by atoms with Crippen molar-refractivity contribution in [2.75, 3.05) is 0 Å². The minimum Gasteiger partial charge on any atom is -0.508 e. The second-order valence-corrected chi connectivity index (χ2v) is 4.41. The van der Waals surface area contributed by atoms with Crippen molar-refractivity contribution in [1.82, 2.24) is 4.98 Å². The van der Waals surface area contributed by atoms with E-state index in [1.807, 2.05) is 0 Å². The Morgan fingerprint density at radius 3 is 2.61 bits per heavy atom.